The van der Waals surface area contributed by atoms with Crippen LogP contribution in [0.5, 0.6) is 0 Å². The van der Waals surface area contributed by atoms with E-state index < -0.39 is 12.0 Å². The zero-order valence-electron chi connectivity index (χ0n) is 9.74. The summed E-state index contributed by atoms with van der Waals surface area (Å²) in [5, 5.41) is 12.0. The molecule has 0 radical (unpaired) electrons. The predicted molar refractivity (Wildman–Crippen MR) is 60.1 cm³/mol. The van der Waals surface area contributed by atoms with Gasteiger partial charge in [-0.15, -0.1) is 0 Å². The lowest BCUT2D eigenvalue weighted by atomic mass is 10.0. The minimum atomic E-state index is -0.886. The first-order valence-electron chi connectivity index (χ1n) is 5.89. The highest BCUT2D eigenvalue weighted by Crippen LogP contribution is 2.17. The molecule has 1 rings (SSSR count). The quantitative estimate of drug-likeness (QED) is 0.670. The molecule has 1 fully saturated rings. The normalized spacial score (nSPS) is 20.8. The summed E-state index contributed by atoms with van der Waals surface area (Å²) in [6, 6.07) is -0.621. The van der Waals surface area contributed by atoms with Crippen molar-refractivity contribution in [2.75, 3.05) is 19.6 Å². The predicted octanol–water partition coefficient (Wildman–Crippen LogP) is 0.452. The molecule has 1 saturated heterocycles. The number of hydrogen-bond donors (Lipinski definition) is 2. The molecule has 0 aromatic heterocycles. The van der Waals surface area contributed by atoms with Gasteiger partial charge in [0.25, 0.3) is 0 Å². The van der Waals surface area contributed by atoms with E-state index >= 15 is 0 Å². The number of amides is 1. The minimum absolute atomic E-state index is 0.0967. The summed E-state index contributed by atoms with van der Waals surface area (Å²) in [5.74, 6) is -0.982. The average molecular weight is 228 g/mol. The topological polar surface area (TPSA) is 69.6 Å². The lowest BCUT2D eigenvalue weighted by Crippen LogP contribution is -2.50. The van der Waals surface area contributed by atoms with Crippen molar-refractivity contribution in [3.63, 3.8) is 0 Å². The number of nitrogens with one attached hydrogen (secondary N) is 1. The summed E-state index contributed by atoms with van der Waals surface area (Å²) in [4.78, 5) is 24.3. The van der Waals surface area contributed by atoms with E-state index in [4.69, 9.17) is 5.11 Å². The highest BCUT2D eigenvalue weighted by atomic mass is 16.4. The summed E-state index contributed by atoms with van der Waals surface area (Å²) in [5.41, 5.74) is 0. The van der Waals surface area contributed by atoms with Crippen molar-refractivity contribution in [2.24, 2.45) is 0 Å². The molecule has 0 unspecified atom stereocenters. The summed E-state index contributed by atoms with van der Waals surface area (Å²) in [6.07, 6.45) is 3.34. The van der Waals surface area contributed by atoms with Crippen LogP contribution in [-0.2, 0) is 9.59 Å². The van der Waals surface area contributed by atoms with Gasteiger partial charge >= 0.3 is 5.97 Å². The van der Waals surface area contributed by atoms with Crippen LogP contribution < -0.4 is 5.32 Å². The van der Waals surface area contributed by atoms with Crippen molar-refractivity contribution < 1.29 is 14.7 Å². The van der Waals surface area contributed by atoms with Gasteiger partial charge in [0.1, 0.15) is 6.04 Å². The third-order valence-electron chi connectivity index (χ3n) is 2.81. The van der Waals surface area contributed by atoms with E-state index in [2.05, 4.69) is 5.32 Å². The Morgan fingerprint density at radius 3 is 2.81 bits per heavy atom. The fourth-order valence-electron chi connectivity index (χ4n) is 1.96. The van der Waals surface area contributed by atoms with Gasteiger partial charge in [0.2, 0.25) is 5.91 Å². The van der Waals surface area contributed by atoms with Crippen LogP contribution in [0, 0.1) is 0 Å². The van der Waals surface area contributed by atoms with Gasteiger partial charge < -0.3 is 15.3 Å². The highest BCUT2D eigenvalue weighted by molar-refractivity contribution is 5.85. The molecule has 0 aromatic carbocycles. The second-order valence-corrected chi connectivity index (χ2v) is 4.11. The molecule has 5 heteroatoms. The van der Waals surface area contributed by atoms with Crippen molar-refractivity contribution >= 4 is 11.9 Å². The molecule has 1 amide bonds. The molecule has 0 aromatic rings. The molecule has 1 aliphatic rings. The van der Waals surface area contributed by atoms with Crippen LogP contribution in [-0.4, -0.2) is 47.6 Å². The zero-order chi connectivity index (χ0) is 12.0. The van der Waals surface area contributed by atoms with Gasteiger partial charge in [-0.05, 0) is 32.2 Å². The Kier molecular flexibility index (Phi) is 5.25. The maximum absolute atomic E-state index is 11.8. The van der Waals surface area contributed by atoms with Crippen molar-refractivity contribution in [3.8, 4) is 0 Å². The molecular weight excluding hydrogens is 208 g/mol. The number of aliphatic carboxylic acids is 1. The molecule has 2 N–H and O–H groups in total. The molecule has 0 aliphatic carbocycles. The van der Waals surface area contributed by atoms with E-state index in [1.54, 1.807) is 0 Å². The zero-order valence-corrected chi connectivity index (χ0v) is 9.74. The van der Waals surface area contributed by atoms with Gasteiger partial charge in [0, 0.05) is 6.54 Å². The largest absolute Gasteiger partial charge is 0.480 e. The molecule has 0 spiro atoms. The Balaban J connectivity index is 2.47. The number of piperidine rings is 1. The third-order valence-corrected chi connectivity index (χ3v) is 2.81. The number of nitrogens with zero attached hydrogens (tertiary/aromatic N) is 1. The molecular formula is C11H20N2O3. The number of carboxylic acid groups (broad SMARTS) is 1. The van der Waals surface area contributed by atoms with Crippen LogP contribution in [0.3, 0.4) is 0 Å². The highest BCUT2D eigenvalue weighted by Gasteiger charge is 2.31. The fourth-order valence-corrected chi connectivity index (χ4v) is 1.96. The van der Waals surface area contributed by atoms with E-state index in [9.17, 15) is 9.59 Å². The Morgan fingerprint density at radius 1 is 1.44 bits per heavy atom. The number of carbonyl (C=O) groups is 2. The summed E-state index contributed by atoms with van der Waals surface area (Å²) < 4.78 is 0. The third kappa shape index (κ3) is 3.48. The Hall–Kier alpha value is -1.10. The first kappa shape index (κ1) is 13.0. The second kappa shape index (κ2) is 6.48. The van der Waals surface area contributed by atoms with E-state index in [0.29, 0.717) is 13.0 Å². The molecule has 5 nitrogen and oxygen atoms in total. The van der Waals surface area contributed by atoms with Crippen molar-refractivity contribution in [1.29, 1.82) is 0 Å². The SMILES string of the molecule is CCCNCC(=O)N1CCCC[C@@H]1C(=O)O. The Bertz CT molecular complexity index is 256. The van der Waals surface area contributed by atoms with Gasteiger partial charge in [0.05, 0.1) is 6.54 Å². The molecule has 1 atom stereocenters. The van der Waals surface area contributed by atoms with Crippen molar-refractivity contribution in [3.05, 3.63) is 0 Å². The van der Waals surface area contributed by atoms with Gasteiger partial charge in [0.15, 0.2) is 0 Å². The van der Waals surface area contributed by atoms with Crippen molar-refractivity contribution in [2.45, 2.75) is 38.6 Å². The van der Waals surface area contributed by atoms with Gasteiger partial charge in [-0.2, -0.15) is 0 Å². The average Bonchev–Trinajstić information content (AvgIpc) is 2.29. The van der Waals surface area contributed by atoms with Crippen LogP contribution in [0.25, 0.3) is 0 Å². The molecule has 1 heterocycles. The van der Waals surface area contributed by atoms with Gasteiger partial charge in [-0.3, -0.25) is 4.79 Å². The Morgan fingerprint density at radius 2 is 2.19 bits per heavy atom. The standard InChI is InChI=1S/C11H20N2O3/c1-2-6-12-8-10(14)13-7-4-3-5-9(13)11(15)16/h9,12H,2-8H2,1H3,(H,15,16)/t9-/m1/s1. The lowest BCUT2D eigenvalue weighted by molar-refractivity contribution is -0.151. The minimum Gasteiger partial charge on any atom is -0.480 e. The Labute approximate surface area is 95.8 Å². The first-order chi connectivity index (χ1) is 7.66. The van der Waals surface area contributed by atoms with Crippen LogP contribution in [0.1, 0.15) is 32.6 Å². The van der Waals surface area contributed by atoms with Crippen molar-refractivity contribution in [1.82, 2.24) is 10.2 Å². The summed E-state index contributed by atoms with van der Waals surface area (Å²) >= 11 is 0. The number of carboxylic acids is 1. The van der Waals surface area contributed by atoms with Crippen LogP contribution in [0.15, 0.2) is 0 Å². The number of likely N-dealkylation sites (tertiary alicyclic amines) is 1. The maximum Gasteiger partial charge on any atom is 0.326 e. The monoisotopic (exact) mass is 228 g/mol. The first-order valence-corrected chi connectivity index (χ1v) is 5.89. The second-order valence-electron chi connectivity index (χ2n) is 4.11. The van der Waals surface area contributed by atoms with E-state index in [0.717, 1.165) is 25.8 Å². The fraction of sp³-hybridized carbons (Fsp3) is 0.818. The number of carbonyl (C=O) groups excluding carboxylic acids is 1. The van der Waals surface area contributed by atoms with Gasteiger partial charge in [-0.1, -0.05) is 6.92 Å². The summed E-state index contributed by atoms with van der Waals surface area (Å²) in [7, 11) is 0. The molecule has 0 saturated carbocycles. The van der Waals surface area contributed by atoms with E-state index in [-0.39, 0.29) is 12.5 Å². The smallest absolute Gasteiger partial charge is 0.326 e. The molecule has 16 heavy (non-hydrogen) atoms. The lowest BCUT2D eigenvalue weighted by Gasteiger charge is -2.33. The van der Waals surface area contributed by atoms with E-state index in [1.165, 1.54) is 4.90 Å². The number of rotatable bonds is 5. The molecule has 92 valence electrons. The van der Waals surface area contributed by atoms with E-state index in [1.807, 2.05) is 6.92 Å². The number of hydrogen-bond acceptors (Lipinski definition) is 3. The van der Waals surface area contributed by atoms with Crippen LogP contribution >= 0.6 is 0 Å². The maximum atomic E-state index is 11.8. The van der Waals surface area contributed by atoms with Crippen LogP contribution in [0.4, 0.5) is 0 Å². The summed E-state index contributed by atoms with van der Waals surface area (Å²) in [6.45, 7) is 3.64. The van der Waals surface area contributed by atoms with Crippen LogP contribution in [0.2, 0.25) is 0 Å². The molecule has 0 bridgehead atoms. The molecule has 1 aliphatic heterocycles. The van der Waals surface area contributed by atoms with Gasteiger partial charge in [-0.25, -0.2) is 4.79 Å².